The van der Waals surface area contributed by atoms with E-state index in [4.69, 9.17) is 16.3 Å². The van der Waals surface area contributed by atoms with Crippen molar-refractivity contribution in [2.24, 2.45) is 0 Å². The first-order valence-electron chi connectivity index (χ1n) is 10.3. The molecule has 0 radical (unpaired) electrons. The van der Waals surface area contributed by atoms with Gasteiger partial charge >= 0.3 is 0 Å². The summed E-state index contributed by atoms with van der Waals surface area (Å²) >= 11 is 6.05. The Kier molecular flexibility index (Phi) is 7.63. The number of rotatable bonds is 7. The lowest BCUT2D eigenvalue weighted by Gasteiger charge is -2.21. The number of carbonyl (C=O) groups is 2. The maximum absolute atomic E-state index is 13.0. The lowest BCUT2D eigenvalue weighted by atomic mass is 10.1. The highest BCUT2D eigenvalue weighted by atomic mass is 35.5. The van der Waals surface area contributed by atoms with Gasteiger partial charge in [-0.25, -0.2) is 8.42 Å². The van der Waals surface area contributed by atoms with Gasteiger partial charge in [0.1, 0.15) is 5.75 Å². The number of halogens is 1. The molecular weight excluding hydrogens is 454 g/mol. The van der Waals surface area contributed by atoms with E-state index in [2.05, 4.69) is 10.6 Å². The number of hydrogen-bond acceptors (Lipinski definition) is 5. The summed E-state index contributed by atoms with van der Waals surface area (Å²) in [5.41, 5.74) is 0.983. The highest BCUT2D eigenvalue weighted by molar-refractivity contribution is 7.92. The number of nitrogens with zero attached hydrogens (tertiary/aromatic N) is 1. The van der Waals surface area contributed by atoms with Gasteiger partial charge < -0.3 is 15.4 Å². The quantitative estimate of drug-likeness (QED) is 0.592. The zero-order valence-electron chi connectivity index (χ0n) is 17.9. The molecule has 8 nitrogen and oxygen atoms in total. The fourth-order valence-electron chi connectivity index (χ4n) is 3.36. The molecule has 2 aromatic carbocycles. The molecule has 0 saturated carbocycles. The Hall–Kier alpha value is -2.78. The van der Waals surface area contributed by atoms with E-state index in [-0.39, 0.29) is 30.3 Å². The smallest absolute Gasteiger partial charge is 0.265 e. The van der Waals surface area contributed by atoms with Gasteiger partial charge in [0.05, 0.1) is 23.2 Å². The van der Waals surface area contributed by atoms with Crippen LogP contribution < -0.4 is 19.7 Å². The summed E-state index contributed by atoms with van der Waals surface area (Å²) < 4.78 is 31.6. The molecule has 2 aromatic rings. The van der Waals surface area contributed by atoms with Crippen molar-refractivity contribution in [2.45, 2.75) is 32.3 Å². The van der Waals surface area contributed by atoms with E-state index >= 15 is 0 Å². The van der Waals surface area contributed by atoms with Gasteiger partial charge in [-0.05, 0) is 36.8 Å². The van der Waals surface area contributed by atoms with Crippen molar-refractivity contribution >= 4 is 44.8 Å². The van der Waals surface area contributed by atoms with Gasteiger partial charge in [-0.3, -0.25) is 13.9 Å². The Morgan fingerprint density at radius 2 is 1.97 bits per heavy atom. The van der Waals surface area contributed by atoms with Crippen LogP contribution in [0.5, 0.6) is 5.75 Å². The number of para-hydroxylation sites is 1. The third-order valence-corrected chi connectivity index (χ3v) is 6.41. The molecule has 0 fully saturated rings. The molecule has 32 heavy (non-hydrogen) atoms. The average Bonchev–Trinajstić information content (AvgIpc) is 2.93. The molecule has 0 aromatic heterocycles. The minimum absolute atomic E-state index is 0.0451. The van der Waals surface area contributed by atoms with Crippen LogP contribution in [-0.4, -0.2) is 45.7 Å². The number of anilines is 2. The molecule has 172 valence electrons. The van der Waals surface area contributed by atoms with Crippen molar-refractivity contribution in [3.8, 4) is 5.75 Å². The molecule has 0 spiro atoms. The fraction of sp³-hybridized carbons (Fsp3) is 0.364. The zero-order valence-corrected chi connectivity index (χ0v) is 19.5. The van der Waals surface area contributed by atoms with Crippen LogP contribution in [0.4, 0.5) is 11.4 Å². The molecule has 0 bridgehead atoms. The van der Waals surface area contributed by atoms with Gasteiger partial charge in [-0.15, -0.1) is 0 Å². The Morgan fingerprint density at radius 1 is 1.22 bits per heavy atom. The molecule has 1 heterocycles. The monoisotopic (exact) mass is 479 g/mol. The van der Waals surface area contributed by atoms with Crippen molar-refractivity contribution in [2.75, 3.05) is 29.0 Å². The Morgan fingerprint density at radius 3 is 2.69 bits per heavy atom. The number of hydrogen-bond donors (Lipinski definition) is 2. The Balaban J connectivity index is 1.81. The van der Waals surface area contributed by atoms with Gasteiger partial charge in [0.2, 0.25) is 10.0 Å². The summed E-state index contributed by atoms with van der Waals surface area (Å²) in [6.07, 6.45) is 2.06. The molecule has 3 rings (SSSR count). The van der Waals surface area contributed by atoms with Gasteiger partial charge in [-0.2, -0.15) is 0 Å². The third-order valence-electron chi connectivity index (χ3n) is 4.99. The fourth-order valence-corrected chi connectivity index (χ4v) is 4.46. The topological polar surface area (TPSA) is 105 Å². The first-order valence-corrected chi connectivity index (χ1v) is 12.6. The van der Waals surface area contributed by atoms with E-state index in [1.54, 1.807) is 30.3 Å². The van der Waals surface area contributed by atoms with E-state index in [9.17, 15) is 18.0 Å². The summed E-state index contributed by atoms with van der Waals surface area (Å²) in [5.74, 6) is -0.516. The third kappa shape index (κ3) is 5.72. The SMILES string of the molecule is CCCCNC(=O)c1ccccc1NC(=O)C1CCN(S(C)(=O)=O)c2cc(Cl)ccc2O1. The molecule has 1 aliphatic heterocycles. The van der Waals surface area contributed by atoms with Crippen LogP contribution in [0.15, 0.2) is 42.5 Å². The summed E-state index contributed by atoms with van der Waals surface area (Å²) in [4.78, 5) is 25.5. The van der Waals surface area contributed by atoms with Crippen LogP contribution in [0.3, 0.4) is 0 Å². The van der Waals surface area contributed by atoms with Crippen LogP contribution in [0, 0.1) is 0 Å². The number of ether oxygens (including phenoxy) is 1. The standard InChI is InChI=1S/C22H26ClN3O5S/c1-3-4-12-24-21(27)16-7-5-6-8-17(16)25-22(28)20-11-13-26(32(2,29)30)18-14-15(23)9-10-19(18)31-20/h5-10,14,20H,3-4,11-13H2,1-2H3,(H,24,27)(H,25,28). The van der Waals surface area contributed by atoms with Crippen LogP contribution in [0.1, 0.15) is 36.5 Å². The number of unbranched alkanes of at least 4 members (excludes halogenated alkanes) is 1. The predicted octanol–water partition coefficient (Wildman–Crippen LogP) is 3.43. The molecule has 1 unspecified atom stereocenters. The van der Waals surface area contributed by atoms with Gasteiger partial charge in [-0.1, -0.05) is 37.1 Å². The average molecular weight is 480 g/mol. The normalized spacial score (nSPS) is 15.8. The van der Waals surface area contributed by atoms with Crippen molar-refractivity contribution in [1.82, 2.24) is 5.32 Å². The number of sulfonamides is 1. The molecular formula is C22H26ClN3O5S. The molecule has 0 aliphatic carbocycles. The summed E-state index contributed by atoms with van der Waals surface area (Å²) in [5, 5.41) is 5.95. The lowest BCUT2D eigenvalue weighted by molar-refractivity contribution is -0.122. The summed E-state index contributed by atoms with van der Waals surface area (Å²) in [6, 6.07) is 11.3. The maximum atomic E-state index is 13.0. The minimum atomic E-state index is -3.61. The molecule has 0 saturated heterocycles. The second kappa shape index (κ2) is 10.2. The van der Waals surface area contributed by atoms with Crippen molar-refractivity contribution in [3.63, 3.8) is 0 Å². The van der Waals surface area contributed by atoms with E-state index in [1.165, 1.54) is 16.4 Å². The summed E-state index contributed by atoms with van der Waals surface area (Å²) in [7, 11) is -3.61. The van der Waals surface area contributed by atoms with E-state index in [0.717, 1.165) is 19.1 Å². The van der Waals surface area contributed by atoms with Crippen molar-refractivity contribution in [3.05, 3.63) is 53.1 Å². The number of carbonyl (C=O) groups excluding carboxylic acids is 2. The largest absolute Gasteiger partial charge is 0.478 e. The van der Waals surface area contributed by atoms with Crippen LogP contribution in [0.2, 0.25) is 5.02 Å². The minimum Gasteiger partial charge on any atom is -0.478 e. The second-order valence-electron chi connectivity index (χ2n) is 7.49. The number of fused-ring (bicyclic) bond motifs is 1. The maximum Gasteiger partial charge on any atom is 0.265 e. The first kappa shape index (κ1) is 23.9. The predicted molar refractivity (Wildman–Crippen MR) is 125 cm³/mol. The molecule has 1 atom stereocenters. The molecule has 2 N–H and O–H groups in total. The van der Waals surface area contributed by atoms with Crippen LogP contribution >= 0.6 is 11.6 Å². The van der Waals surface area contributed by atoms with Gasteiger partial charge in [0.15, 0.2) is 6.10 Å². The molecule has 1 aliphatic rings. The van der Waals surface area contributed by atoms with Gasteiger partial charge in [0, 0.05) is 24.5 Å². The van der Waals surface area contributed by atoms with Gasteiger partial charge in [0.25, 0.3) is 11.8 Å². The van der Waals surface area contributed by atoms with Crippen LogP contribution in [0.25, 0.3) is 0 Å². The second-order valence-corrected chi connectivity index (χ2v) is 9.83. The number of amides is 2. The highest BCUT2D eigenvalue weighted by Gasteiger charge is 2.32. The zero-order chi connectivity index (χ0) is 23.3. The van der Waals surface area contributed by atoms with E-state index in [1.807, 2.05) is 6.92 Å². The Bertz CT molecular complexity index is 1110. The summed E-state index contributed by atoms with van der Waals surface area (Å²) in [6.45, 7) is 2.62. The first-order chi connectivity index (χ1) is 15.2. The van der Waals surface area contributed by atoms with E-state index < -0.39 is 22.0 Å². The van der Waals surface area contributed by atoms with Crippen molar-refractivity contribution in [1.29, 1.82) is 0 Å². The van der Waals surface area contributed by atoms with E-state index in [0.29, 0.717) is 22.8 Å². The molecule has 10 heteroatoms. The Labute approximate surface area is 192 Å². The molecule has 2 amide bonds. The van der Waals surface area contributed by atoms with Crippen LogP contribution in [-0.2, 0) is 14.8 Å². The lowest BCUT2D eigenvalue weighted by Crippen LogP contribution is -2.36. The highest BCUT2D eigenvalue weighted by Crippen LogP contribution is 2.36. The van der Waals surface area contributed by atoms with Crippen molar-refractivity contribution < 1.29 is 22.7 Å². The number of benzene rings is 2. The number of nitrogens with one attached hydrogen (secondary N) is 2.